The number of carbonyl (C=O) groups excluding carboxylic acids is 1. The first kappa shape index (κ1) is 10.2. The van der Waals surface area contributed by atoms with E-state index >= 15 is 0 Å². The predicted octanol–water partition coefficient (Wildman–Crippen LogP) is 0.924. The quantitative estimate of drug-likeness (QED) is 0.774. The van der Waals surface area contributed by atoms with Crippen LogP contribution < -0.4 is 4.90 Å². The van der Waals surface area contributed by atoms with E-state index in [1.807, 2.05) is 0 Å². The van der Waals surface area contributed by atoms with Gasteiger partial charge in [-0.15, -0.1) is 0 Å². The molecule has 4 heteroatoms. The first-order valence-corrected chi connectivity index (χ1v) is 4.07. The lowest BCUT2D eigenvalue weighted by atomic mass is 10.3. The van der Waals surface area contributed by atoms with Crippen molar-refractivity contribution in [2.45, 2.75) is 6.92 Å². The second-order valence-corrected chi connectivity index (χ2v) is 2.76. The number of nitrogens with zero attached hydrogens (tertiary/aromatic N) is 1. The van der Waals surface area contributed by atoms with E-state index in [9.17, 15) is 9.59 Å². The van der Waals surface area contributed by atoms with Gasteiger partial charge in [-0.05, 0) is 18.2 Å². The third-order valence-corrected chi connectivity index (χ3v) is 1.68. The minimum Gasteiger partial charge on any atom is -0.480 e. The number of aliphatic carboxylic acids is 1. The van der Waals surface area contributed by atoms with Crippen molar-refractivity contribution in [1.82, 2.24) is 0 Å². The number of rotatable bonds is 3. The van der Waals surface area contributed by atoms with Gasteiger partial charge in [-0.2, -0.15) is 0 Å². The number of carboxylic acid groups (broad SMARTS) is 1. The molecule has 1 radical (unpaired) electrons. The summed E-state index contributed by atoms with van der Waals surface area (Å²) in [5.74, 6) is -1.34. The Morgan fingerprint density at radius 1 is 1.57 bits per heavy atom. The minimum absolute atomic E-state index is 0.299. The summed E-state index contributed by atoms with van der Waals surface area (Å²) in [5, 5.41) is 8.59. The molecule has 0 atom stereocenters. The van der Waals surface area contributed by atoms with E-state index in [1.165, 1.54) is 11.8 Å². The van der Waals surface area contributed by atoms with E-state index in [2.05, 4.69) is 6.07 Å². The summed E-state index contributed by atoms with van der Waals surface area (Å²) in [7, 11) is 0. The molecule has 73 valence electrons. The molecule has 0 saturated carbocycles. The van der Waals surface area contributed by atoms with Gasteiger partial charge in [0.25, 0.3) is 0 Å². The Labute approximate surface area is 81.8 Å². The molecule has 0 aliphatic carbocycles. The third kappa shape index (κ3) is 2.58. The van der Waals surface area contributed by atoms with Crippen LogP contribution in [0.4, 0.5) is 5.69 Å². The molecule has 1 aromatic carbocycles. The summed E-state index contributed by atoms with van der Waals surface area (Å²) >= 11 is 0. The minimum atomic E-state index is -1.04. The molecule has 0 saturated heterocycles. The normalized spacial score (nSPS) is 9.50. The molecule has 0 aromatic heterocycles. The lowest BCUT2D eigenvalue weighted by Crippen LogP contribution is -2.33. The Morgan fingerprint density at radius 3 is 2.71 bits per heavy atom. The fourth-order valence-corrected chi connectivity index (χ4v) is 1.07. The van der Waals surface area contributed by atoms with Crippen molar-refractivity contribution in [1.29, 1.82) is 0 Å². The average molecular weight is 192 g/mol. The van der Waals surface area contributed by atoms with Crippen molar-refractivity contribution in [2.75, 3.05) is 11.4 Å². The van der Waals surface area contributed by atoms with Crippen LogP contribution in [0.2, 0.25) is 0 Å². The maximum Gasteiger partial charge on any atom is 0.323 e. The van der Waals surface area contributed by atoms with Crippen molar-refractivity contribution in [2.24, 2.45) is 0 Å². The molecule has 1 aromatic rings. The van der Waals surface area contributed by atoms with E-state index in [0.29, 0.717) is 5.69 Å². The molecule has 1 rings (SSSR count). The van der Waals surface area contributed by atoms with Crippen LogP contribution in [0.5, 0.6) is 0 Å². The van der Waals surface area contributed by atoms with Crippen LogP contribution >= 0.6 is 0 Å². The summed E-state index contributed by atoms with van der Waals surface area (Å²) in [6.07, 6.45) is 0. The van der Waals surface area contributed by atoms with Crippen LogP contribution in [-0.2, 0) is 9.59 Å². The summed E-state index contributed by atoms with van der Waals surface area (Å²) in [6.45, 7) is 1.00. The van der Waals surface area contributed by atoms with Gasteiger partial charge in [0, 0.05) is 12.6 Å². The molecule has 0 fully saturated rings. The maximum atomic E-state index is 11.1. The fraction of sp³-hybridized carbons (Fsp3) is 0.200. The maximum absolute atomic E-state index is 11.1. The first-order valence-electron chi connectivity index (χ1n) is 4.07. The SMILES string of the molecule is CC(=O)N(CC(=O)O)c1c[c]ccc1. The van der Waals surface area contributed by atoms with Crippen LogP contribution in [-0.4, -0.2) is 23.5 Å². The monoisotopic (exact) mass is 192 g/mol. The number of hydrogen-bond donors (Lipinski definition) is 1. The Morgan fingerprint density at radius 2 is 2.29 bits per heavy atom. The number of hydrogen-bond acceptors (Lipinski definition) is 2. The molecule has 1 amide bonds. The van der Waals surface area contributed by atoms with Gasteiger partial charge in [0.2, 0.25) is 5.91 Å². The summed E-state index contributed by atoms with van der Waals surface area (Å²) in [5.41, 5.74) is 0.544. The molecular weight excluding hydrogens is 182 g/mol. The van der Waals surface area contributed by atoms with Crippen molar-refractivity contribution >= 4 is 17.6 Å². The Balaban J connectivity index is 2.89. The van der Waals surface area contributed by atoms with E-state index in [-0.39, 0.29) is 12.5 Å². The average Bonchev–Trinajstić information content (AvgIpc) is 2.15. The lowest BCUT2D eigenvalue weighted by Gasteiger charge is -2.18. The van der Waals surface area contributed by atoms with Crippen molar-refractivity contribution in [3.63, 3.8) is 0 Å². The summed E-state index contributed by atoms with van der Waals surface area (Å²) < 4.78 is 0. The zero-order valence-corrected chi connectivity index (χ0v) is 7.73. The van der Waals surface area contributed by atoms with Crippen LogP contribution in [0.25, 0.3) is 0 Å². The number of carbonyl (C=O) groups is 2. The van der Waals surface area contributed by atoms with Gasteiger partial charge in [-0.1, -0.05) is 12.1 Å². The molecule has 1 N–H and O–H groups in total. The van der Waals surface area contributed by atoms with Crippen LogP contribution in [0.15, 0.2) is 24.3 Å². The highest BCUT2D eigenvalue weighted by molar-refractivity contribution is 5.95. The van der Waals surface area contributed by atoms with Crippen molar-refractivity contribution < 1.29 is 14.7 Å². The molecule has 0 bridgehead atoms. The van der Waals surface area contributed by atoms with Crippen molar-refractivity contribution in [3.8, 4) is 0 Å². The van der Waals surface area contributed by atoms with Gasteiger partial charge >= 0.3 is 5.97 Å². The molecule has 14 heavy (non-hydrogen) atoms. The highest BCUT2D eigenvalue weighted by Crippen LogP contribution is 2.12. The second kappa shape index (κ2) is 4.41. The summed E-state index contributed by atoms with van der Waals surface area (Å²) in [6, 6.07) is 9.41. The Kier molecular flexibility index (Phi) is 3.23. The standard InChI is InChI=1S/C10H10NO3/c1-8(12)11(7-10(13)14)9-5-3-2-4-6-9/h2-3,5-6H,7H2,1H3,(H,13,14). The van der Waals surface area contributed by atoms with E-state index in [0.717, 1.165) is 0 Å². The number of amides is 1. The first-order chi connectivity index (χ1) is 6.61. The Bertz CT molecular complexity index is 334. The van der Waals surface area contributed by atoms with Gasteiger partial charge in [-0.25, -0.2) is 0 Å². The second-order valence-electron chi connectivity index (χ2n) is 2.76. The number of carboxylic acids is 1. The topological polar surface area (TPSA) is 57.6 Å². The van der Waals surface area contributed by atoms with E-state index in [4.69, 9.17) is 5.11 Å². The van der Waals surface area contributed by atoms with Crippen LogP contribution in [0.3, 0.4) is 0 Å². The zero-order valence-electron chi connectivity index (χ0n) is 7.73. The van der Waals surface area contributed by atoms with Crippen LogP contribution in [0, 0.1) is 6.07 Å². The smallest absolute Gasteiger partial charge is 0.323 e. The van der Waals surface area contributed by atoms with Crippen LogP contribution in [0.1, 0.15) is 6.92 Å². The molecule has 4 nitrogen and oxygen atoms in total. The largest absolute Gasteiger partial charge is 0.480 e. The van der Waals surface area contributed by atoms with E-state index < -0.39 is 5.97 Å². The van der Waals surface area contributed by atoms with Gasteiger partial charge < -0.3 is 10.0 Å². The molecule has 0 aliphatic rings. The van der Waals surface area contributed by atoms with Gasteiger partial charge in [0.15, 0.2) is 0 Å². The fourth-order valence-electron chi connectivity index (χ4n) is 1.07. The van der Waals surface area contributed by atoms with Gasteiger partial charge in [0.05, 0.1) is 0 Å². The molecular formula is C10H10NO3. The number of benzene rings is 1. The lowest BCUT2D eigenvalue weighted by molar-refractivity contribution is -0.136. The highest BCUT2D eigenvalue weighted by atomic mass is 16.4. The molecule has 0 spiro atoms. The summed E-state index contributed by atoms with van der Waals surface area (Å²) in [4.78, 5) is 22.8. The van der Waals surface area contributed by atoms with E-state index in [1.54, 1.807) is 24.3 Å². The zero-order chi connectivity index (χ0) is 10.6. The molecule has 0 heterocycles. The van der Waals surface area contributed by atoms with Gasteiger partial charge in [0.1, 0.15) is 6.54 Å². The third-order valence-electron chi connectivity index (χ3n) is 1.68. The predicted molar refractivity (Wildman–Crippen MR) is 50.9 cm³/mol. The molecule has 0 unspecified atom stereocenters. The highest BCUT2D eigenvalue weighted by Gasteiger charge is 2.13. The van der Waals surface area contributed by atoms with Crippen molar-refractivity contribution in [3.05, 3.63) is 30.3 Å². The Hall–Kier alpha value is -1.84. The van der Waals surface area contributed by atoms with Gasteiger partial charge in [-0.3, -0.25) is 9.59 Å². The number of anilines is 1. The molecule has 0 aliphatic heterocycles.